The van der Waals surface area contributed by atoms with Crippen molar-refractivity contribution in [3.8, 4) is 5.75 Å². The van der Waals surface area contributed by atoms with Crippen LogP contribution in [0.15, 0.2) is 22.7 Å². The molecule has 0 aromatic heterocycles. The maximum absolute atomic E-state index is 11.5. The van der Waals surface area contributed by atoms with Crippen molar-refractivity contribution >= 4 is 22.0 Å². The molecule has 0 aliphatic heterocycles. The van der Waals surface area contributed by atoms with E-state index >= 15 is 0 Å². The molecule has 0 aliphatic carbocycles. The second kappa shape index (κ2) is 6.80. The highest BCUT2D eigenvalue weighted by atomic mass is 79.9. The van der Waals surface area contributed by atoms with Crippen molar-refractivity contribution in [3.05, 3.63) is 28.2 Å². The second-order valence-corrected chi connectivity index (χ2v) is 5.99. The van der Waals surface area contributed by atoms with Gasteiger partial charge in [0, 0.05) is 11.0 Å². The average Bonchev–Trinajstić information content (AvgIpc) is 2.29. The molecule has 0 saturated carbocycles. The fraction of sp³-hybridized carbons (Fsp3) is 0.500. The number of rotatable bonds is 4. The Kier molecular flexibility index (Phi) is 5.66. The van der Waals surface area contributed by atoms with E-state index in [1.165, 1.54) is 0 Å². The Hall–Kier alpha value is -1.23. The second-order valence-electron chi connectivity index (χ2n) is 5.14. The van der Waals surface area contributed by atoms with E-state index < -0.39 is 11.7 Å². The number of amides is 1. The van der Waals surface area contributed by atoms with Crippen LogP contribution < -0.4 is 10.1 Å². The summed E-state index contributed by atoms with van der Waals surface area (Å²) in [7, 11) is 1.63. The highest BCUT2D eigenvalue weighted by Crippen LogP contribution is 2.22. The fourth-order valence-electron chi connectivity index (χ4n) is 1.48. The number of methoxy groups -OCH3 is 1. The summed E-state index contributed by atoms with van der Waals surface area (Å²) in [6, 6.07) is 5.76. The summed E-state index contributed by atoms with van der Waals surface area (Å²) in [5.41, 5.74) is 0.607. The lowest BCUT2D eigenvalue weighted by Crippen LogP contribution is -2.33. The van der Waals surface area contributed by atoms with Crippen molar-refractivity contribution in [2.45, 2.75) is 32.8 Å². The molecule has 5 heteroatoms. The highest BCUT2D eigenvalue weighted by Gasteiger charge is 2.15. The summed E-state index contributed by atoms with van der Waals surface area (Å²) in [6.45, 7) is 6.03. The quantitative estimate of drug-likeness (QED) is 0.919. The van der Waals surface area contributed by atoms with Gasteiger partial charge in [-0.2, -0.15) is 0 Å². The highest BCUT2D eigenvalue weighted by molar-refractivity contribution is 9.10. The Labute approximate surface area is 122 Å². The van der Waals surface area contributed by atoms with Gasteiger partial charge in [0.1, 0.15) is 11.4 Å². The molecule has 0 heterocycles. The predicted molar refractivity (Wildman–Crippen MR) is 78.6 cm³/mol. The molecule has 106 valence electrons. The van der Waals surface area contributed by atoms with Gasteiger partial charge in [-0.05, 0) is 51.0 Å². The van der Waals surface area contributed by atoms with Crippen LogP contribution in [0.25, 0.3) is 0 Å². The largest absolute Gasteiger partial charge is 0.497 e. The first-order valence-electron chi connectivity index (χ1n) is 6.11. The zero-order valence-electron chi connectivity index (χ0n) is 11.7. The van der Waals surface area contributed by atoms with Crippen molar-refractivity contribution in [3.63, 3.8) is 0 Å². The lowest BCUT2D eigenvalue weighted by molar-refractivity contribution is 0.0528. The number of hydrogen-bond acceptors (Lipinski definition) is 3. The number of hydrogen-bond donors (Lipinski definition) is 1. The molecule has 0 unspecified atom stereocenters. The number of ether oxygens (including phenoxy) is 2. The van der Waals surface area contributed by atoms with Crippen LogP contribution >= 0.6 is 15.9 Å². The minimum absolute atomic E-state index is 0.397. The standard InChI is InChI=1S/C14H20BrNO3/c1-14(2,3)19-13(17)16-8-7-10-9-11(18-4)5-6-12(10)15/h5-6,9H,7-8H2,1-4H3,(H,16,17). The van der Waals surface area contributed by atoms with Gasteiger partial charge in [0.05, 0.1) is 7.11 Å². The van der Waals surface area contributed by atoms with Crippen molar-refractivity contribution in [1.29, 1.82) is 0 Å². The van der Waals surface area contributed by atoms with E-state index in [1.54, 1.807) is 7.11 Å². The van der Waals surface area contributed by atoms with Gasteiger partial charge in [0.2, 0.25) is 0 Å². The summed E-state index contributed by atoms with van der Waals surface area (Å²) in [5.74, 6) is 0.801. The van der Waals surface area contributed by atoms with Gasteiger partial charge >= 0.3 is 6.09 Å². The minimum Gasteiger partial charge on any atom is -0.497 e. The smallest absolute Gasteiger partial charge is 0.407 e. The lowest BCUT2D eigenvalue weighted by atomic mass is 10.1. The van der Waals surface area contributed by atoms with Crippen LogP contribution in [-0.4, -0.2) is 25.3 Å². The van der Waals surface area contributed by atoms with Crippen molar-refractivity contribution in [2.75, 3.05) is 13.7 Å². The van der Waals surface area contributed by atoms with Gasteiger partial charge in [0.25, 0.3) is 0 Å². The van der Waals surface area contributed by atoms with Crippen LogP contribution in [0.2, 0.25) is 0 Å². The maximum atomic E-state index is 11.5. The van der Waals surface area contributed by atoms with Gasteiger partial charge in [-0.1, -0.05) is 15.9 Å². The minimum atomic E-state index is -0.472. The first kappa shape index (κ1) is 15.8. The van der Waals surface area contributed by atoms with Gasteiger partial charge in [0.15, 0.2) is 0 Å². The topological polar surface area (TPSA) is 47.6 Å². The van der Waals surface area contributed by atoms with Crippen molar-refractivity contribution < 1.29 is 14.3 Å². The Morgan fingerprint density at radius 2 is 2.05 bits per heavy atom. The number of carbonyl (C=O) groups is 1. The molecular formula is C14H20BrNO3. The normalized spacial score (nSPS) is 11.0. The molecule has 0 fully saturated rings. The molecule has 1 N–H and O–H groups in total. The number of alkyl carbamates (subject to hydrolysis) is 1. The molecule has 1 aromatic carbocycles. The van der Waals surface area contributed by atoms with E-state index in [0.717, 1.165) is 15.8 Å². The van der Waals surface area contributed by atoms with Crippen molar-refractivity contribution in [2.24, 2.45) is 0 Å². The van der Waals surface area contributed by atoms with Gasteiger partial charge in [-0.25, -0.2) is 4.79 Å². The monoisotopic (exact) mass is 329 g/mol. The molecule has 0 saturated heterocycles. The fourth-order valence-corrected chi connectivity index (χ4v) is 1.93. The van der Waals surface area contributed by atoms with E-state index in [-0.39, 0.29) is 0 Å². The van der Waals surface area contributed by atoms with Crippen LogP contribution in [0.3, 0.4) is 0 Å². The molecule has 1 amide bonds. The van der Waals surface area contributed by atoms with Crippen molar-refractivity contribution in [1.82, 2.24) is 5.32 Å². The molecule has 0 aliphatic rings. The average molecular weight is 330 g/mol. The molecule has 0 atom stereocenters. The molecule has 0 bridgehead atoms. The summed E-state index contributed by atoms with van der Waals surface area (Å²) in [4.78, 5) is 11.5. The van der Waals surface area contributed by atoms with Crippen LogP contribution in [0.5, 0.6) is 5.75 Å². The van der Waals surface area contributed by atoms with Crippen LogP contribution in [0, 0.1) is 0 Å². The summed E-state index contributed by atoms with van der Waals surface area (Å²) >= 11 is 3.48. The number of halogens is 1. The summed E-state index contributed by atoms with van der Waals surface area (Å²) in [5, 5.41) is 2.73. The third kappa shape index (κ3) is 5.96. The number of benzene rings is 1. The molecule has 4 nitrogen and oxygen atoms in total. The Morgan fingerprint density at radius 1 is 1.37 bits per heavy atom. The van der Waals surface area contributed by atoms with Crippen LogP contribution in [0.4, 0.5) is 4.79 Å². The lowest BCUT2D eigenvalue weighted by Gasteiger charge is -2.19. The van der Waals surface area contributed by atoms with E-state index in [4.69, 9.17) is 9.47 Å². The van der Waals surface area contributed by atoms with Gasteiger partial charge in [-0.15, -0.1) is 0 Å². The van der Waals surface area contributed by atoms with E-state index in [1.807, 2.05) is 39.0 Å². The zero-order chi connectivity index (χ0) is 14.5. The molecule has 0 spiro atoms. The number of carbonyl (C=O) groups excluding carboxylic acids is 1. The third-order valence-corrected chi connectivity index (χ3v) is 3.09. The molecule has 1 rings (SSSR count). The first-order valence-corrected chi connectivity index (χ1v) is 6.90. The molecule has 0 radical (unpaired) electrons. The maximum Gasteiger partial charge on any atom is 0.407 e. The number of nitrogens with one attached hydrogen (secondary N) is 1. The van der Waals surface area contributed by atoms with Crippen LogP contribution in [0.1, 0.15) is 26.3 Å². The third-order valence-electron chi connectivity index (χ3n) is 2.32. The van der Waals surface area contributed by atoms with Gasteiger partial charge in [-0.3, -0.25) is 0 Å². The SMILES string of the molecule is COc1ccc(Br)c(CCNC(=O)OC(C)(C)C)c1. The zero-order valence-corrected chi connectivity index (χ0v) is 13.3. The Morgan fingerprint density at radius 3 is 2.63 bits per heavy atom. The first-order chi connectivity index (χ1) is 8.81. The summed E-state index contributed by atoms with van der Waals surface area (Å²) < 4.78 is 11.3. The van der Waals surface area contributed by atoms with E-state index in [0.29, 0.717) is 13.0 Å². The van der Waals surface area contributed by atoms with Gasteiger partial charge < -0.3 is 14.8 Å². The summed E-state index contributed by atoms with van der Waals surface area (Å²) in [6.07, 6.45) is 0.309. The molecule has 1 aromatic rings. The van der Waals surface area contributed by atoms with Crippen LogP contribution in [-0.2, 0) is 11.2 Å². The molecule has 19 heavy (non-hydrogen) atoms. The Balaban J connectivity index is 2.47. The van der Waals surface area contributed by atoms with E-state index in [2.05, 4.69) is 21.2 Å². The predicted octanol–water partition coefficient (Wildman–Crippen LogP) is 3.52. The van der Waals surface area contributed by atoms with E-state index in [9.17, 15) is 4.79 Å². The molecular weight excluding hydrogens is 310 g/mol. The Bertz CT molecular complexity index is 441.